The molecule has 1 heterocycles. The first-order valence-electron chi connectivity index (χ1n) is 6.89. The number of aryl methyl sites for hydroxylation is 2. The Labute approximate surface area is 124 Å². The van der Waals surface area contributed by atoms with Crippen LogP contribution in [-0.2, 0) is 17.6 Å². The molecule has 2 rings (SSSR count). The van der Waals surface area contributed by atoms with E-state index in [1.807, 2.05) is 6.07 Å². The van der Waals surface area contributed by atoms with E-state index in [0.29, 0.717) is 23.8 Å². The smallest absolute Gasteiger partial charge is 0.221 e. The fraction of sp³-hybridized carbons (Fsp3) is 0.500. The van der Waals surface area contributed by atoms with Crippen LogP contribution in [0.25, 0.3) is 0 Å². The summed E-state index contributed by atoms with van der Waals surface area (Å²) in [7, 11) is 1.62. The van der Waals surface area contributed by atoms with Crippen LogP contribution in [0.2, 0.25) is 0 Å². The molecule has 1 aromatic heterocycles. The van der Waals surface area contributed by atoms with Crippen molar-refractivity contribution in [1.29, 1.82) is 0 Å². The second kappa shape index (κ2) is 6.65. The molecule has 0 spiro atoms. The van der Waals surface area contributed by atoms with Crippen LogP contribution in [0.5, 0.6) is 0 Å². The minimum Gasteiger partial charge on any atom is -0.389 e. The topological polar surface area (TPSA) is 80.0 Å². The Hall–Kier alpha value is -1.69. The van der Waals surface area contributed by atoms with Crippen LogP contribution in [0.4, 0.5) is 5.82 Å². The summed E-state index contributed by atoms with van der Waals surface area (Å²) in [5, 5.41) is 5.76. The first-order valence-corrected chi connectivity index (χ1v) is 7.29. The molecule has 0 radical (unpaired) electrons. The number of hydrogen-bond donors (Lipinski definition) is 3. The molecule has 6 heteroatoms. The van der Waals surface area contributed by atoms with Crippen LogP contribution in [0.1, 0.15) is 36.1 Å². The van der Waals surface area contributed by atoms with Crippen molar-refractivity contribution in [3.8, 4) is 0 Å². The van der Waals surface area contributed by atoms with Crippen LogP contribution in [0.15, 0.2) is 6.07 Å². The molecule has 0 fully saturated rings. The zero-order valence-corrected chi connectivity index (χ0v) is 12.5. The quantitative estimate of drug-likeness (QED) is 0.709. The van der Waals surface area contributed by atoms with E-state index in [9.17, 15) is 4.79 Å². The van der Waals surface area contributed by atoms with E-state index >= 15 is 0 Å². The Morgan fingerprint density at radius 1 is 1.45 bits per heavy atom. The molecule has 20 heavy (non-hydrogen) atoms. The van der Waals surface area contributed by atoms with Gasteiger partial charge in [-0.3, -0.25) is 4.79 Å². The highest BCUT2D eigenvalue weighted by molar-refractivity contribution is 7.80. The molecule has 0 unspecified atom stereocenters. The van der Waals surface area contributed by atoms with Crippen molar-refractivity contribution < 1.29 is 4.79 Å². The summed E-state index contributed by atoms with van der Waals surface area (Å²) in [5.41, 5.74) is 8.92. The van der Waals surface area contributed by atoms with E-state index in [2.05, 4.69) is 15.6 Å². The van der Waals surface area contributed by atoms with Gasteiger partial charge >= 0.3 is 0 Å². The number of aromatic nitrogens is 1. The van der Waals surface area contributed by atoms with E-state index in [0.717, 1.165) is 24.1 Å². The van der Waals surface area contributed by atoms with Gasteiger partial charge in [-0.1, -0.05) is 12.2 Å². The lowest BCUT2D eigenvalue weighted by molar-refractivity contribution is -0.120. The highest BCUT2D eigenvalue weighted by atomic mass is 32.1. The van der Waals surface area contributed by atoms with Crippen LogP contribution in [0, 0.1) is 0 Å². The van der Waals surface area contributed by atoms with Crippen LogP contribution >= 0.6 is 12.2 Å². The first-order chi connectivity index (χ1) is 9.61. The number of anilines is 1. The van der Waals surface area contributed by atoms with E-state index in [4.69, 9.17) is 18.0 Å². The molecule has 4 N–H and O–H groups in total. The SMILES string of the molecule is CNC(=O)CCNc1nc2c(cc1C(N)=S)CCCC2. The number of carbonyl (C=O) groups excluding carboxylic acids is 1. The molecule has 1 amide bonds. The summed E-state index contributed by atoms with van der Waals surface area (Å²) in [5.74, 6) is 0.689. The number of carbonyl (C=O) groups is 1. The van der Waals surface area contributed by atoms with Crippen molar-refractivity contribution in [2.45, 2.75) is 32.1 Å². The van der Waals surface area contributed by atoms with Crippen LogP contribution in [0.3, 0.4) is 0 Å². The van der Waals surface area contributed by atoms with Crippen molar-refractivity contribution in [2.24, 2.45) is 5.73 Å². The number of nitrogens with zero attached hydrogens (tertiary/aromatic N) is 1. The normalized spacial score (nSPS) is 13.4. The number of nitrogens with one attached hydrogen (secondary N) is 2. The Morgan fingerprint density at radius 2 is 2.20 bits per heavy atom. The zero-order valence-electron chi connectivity index (χ0n) is 11.7. The second-order valence-corrected chi connectivity index (χ2v) is 5.35. The van der Waals surface area contributed by atoms with Crippen LogP contribution in [-0.4, -0.2) is 29.5 Å². The monoisotopic (exact) mass is 292 g/mol. The molecule has 1 aliphatic rings. The predicted octanol–water partition coefficient (Wildman–Crippen LogP) is 1.14. The zero-order chi connectivity index (χ0) is 14.5. The van der Waals surface area contributed by atoms with Crippen molar-refractivity contribution in [3.05, 3.63) is 22.9 Å². The Balaban J connectivity index is 2.17. The maximum atomic E-state index is 11.2. The van der Waals surface area contributed by atoms with Gasteiger partial charge < -0.3 is 16.4 Å². The summed E-state index contributed by atoms with van der Waals surface area (Å²) < 4.78 is 0. The third-order valence-electron chi connectivity index (χ3n) is 3.49. The number of nitrogens with two attached hydrogens (primary N) is 1. The van der Waals surface area contributed by atoms with E-state index in [1.54, 1.807) is 7.05 Å². The number of amides is 1. The highest BCUT2D eigenvalue weighted by Gasteiger charge is 2.16. The number of pyridine rings is 1. The maximum absolute atomic E-state index is 11.2. The molecule has 1 aliphatic carbocycles. The lowest BCUT2D eigenvalue weighted by atomic mass is 9.94. The summed E-state index contributed by atoms with van der Waals surface area (Å²) >= 11 is 5.10. The van der Waals surface area contributed by atoms with Gasteiger partial charge in [-0.2, -0.15) is 0 Å². The fourth-order valence-electron chi connectivity index (χ4n) is 2.38. The lowest BCUT2D eigenvalue weighted by Crippen LogP contribution is -2.23. The highest BCUT2D eigenvalue weighted by Crippen LogP contribution is 2.24. The van der Waals surface area contributed by atoms with Gasteiger partial charge in [-0.05, 0) is 37.3 Å². The van der Waals surface area contributed by atoms with Gasteiger partial charge in [-0.25, -0.2) is 4.98 Å². The average Bonchev–Trinajstić information content (AvgIpc) is 2.46. The van der Waals surface area contributed by atoms with Crippen molar-refractivity contribution in [3.63, 3.8) is 0 Å². The Kier molecular flexibility index (Phi) is 4.89. The number of fused-ring (bicyclic) bond motifs is 1. The molecule has 0 bridgehead atoms. The predicted molar refractivity (Wildman–Crippen MR) is 83.9 cm³/mol. The summed E-state index contributed by atoms with van der Waals surface area (Å²) in [4.78, 5) is 16.2. The molecule has 0 aliphatic heterocycles. The second-order valence-electron chi connectivity index (χ2n) is 4.91. The molecule has 1 aromatic rings. The largest absolute Gasteiger partial charge is 0.389 e. The minimum absolute atomic E-state index is 0.00710. The van der Waals surface area contributed by atoms with E-state index in [-0.39, 0.29) is 5.91 Å². The molecule has 0 saturated heterocycles. The Morgan fingerprint density at radius 3 is 2.90 bits per heavy atom. The van der Waals surface area contributed by atoms with E-state index < -0.39 is 0 Å². The van der Waals surface area contributed by atoms with Gasteiger partial charge in [0.15, 0.2) is 0 Å². The van der Waals surface area contributed by atoms with Crippen molar-refractivity contribution in [1.82, 2.24) is 10.3 Å². The third-order valence-corrected chi connectivity index (χ3v) is 3.71. The van der Waals surface area contributed by atoms with Gasteiger partial charge in [0.25, 0.3) is 0 Å². The molecule has 0 saturated carbocycles. The summed E-state index contributed by atoms with van der Waals surface area (Å²) in [6.07, 6.45) is 4.79. The number of rotatable bonds is 5. The van der Waals surface area contributed by atoms with Gasteiger partial charge in [0, 0.05) is 25.7 Å². The fourth-order valence-corrected chi connectivity index (χ4v) is 2.53. The average molecular weight is 292 g/mol. The van der Waals surface area contributed by atoms with E-state index in [1.165, 1.54) is 18.4 Å². The van der Waals surface area contributed by atoms with Gasteiger partial charge in [0.1, 0.15) is 10.8 Å². The first kappa shape index (κ1) is 14.7. The van der Waals surface area contributed by atoms with Gasteiger partial charge in [0.2, 0.25) is 5.91 Å². The molecule has 108 valence electrons. The number of hydrogen-bond acceptors (Lipinski definition) is 4. The van der Waals surface area contributed by atoms with Crippen LogP contribution < -0.4 is 16.4 Å². The molecule has 0 atom stereocenters. The summed E-state index contributed by atoms with van der Waals surface area (Å²) in [6.45, 7) is 0.515. The van der Waals surface area contributed by atoms with Gasteiger partial charge in [0.05, 0.1) is 5.56 Å². The number of thiocarbonyl (C=S) groups is 1. The standard InChI is InChI=1S/C14H20N4OS/c1-16-12(19)6-7-17-14-10(13(15)20)8-9-4-2-3-5-11(9)18-14/h8H,2-7H2,1H3,(H2,15,20)(H,16,19)(H,17,18). The molecule has 5 nitrogen and oxygen atoms in total. The maximum Gasteiger partial charge on any atom is 0.221 e. The summed E-state index contributed by atoms with van der Waals surface area (Å²) in [6, 6.07) is 2.05. The van der Waals surface area contributed by atoms with Crippen molar-refractivity contribution >= 4 is 28.9 Å². The third kappa shape index (κ3) is 3.45. The molecule has 0 aromatic carbocycles. The Bertz CT molecular complexity index is 530. The molecular weight excluding hydrogens is 272 g/mol. The van der Waals surface area contributed by atoms with Gasteiger partial charge in [-0.15, -0.1) is 0 Å². The molecular formula is C14H20N4OS. The van der Waals surface area contributed by atoms with Crippen molar-refractivity contribution in [2.75, 3.05) is 18.9 Å². The minimum atomic E-state index is -0.00710. The lowest BCUT2D eigenvalue weighted by Gasteiger charge is -2.19.